The number of benzene rings is 2. The predicted octanol–water partition coefficient (Wildman–Crippen LogP) is 3.63. The van der Waals surface area contributed by atoms with Crippen molar-refractivity contribution in [2.45, 2.75) is 18.9 Å². The minimum Gasteiger partial charge on any atom is -0.497 e. The number of ether oxygens (including phenoxy) is 2. The van der Waals surface area contributed by atoms with Crippen LogP contribution >= 0.6 is 0 Å². The molecule has 1 aliphatic rings. The van der Waals surface area contributed by atoms with Gasteiger partial charge in [-0.2, -0.15) is 0 Å². The summed E-state index contributed by atoms with van der Waals surface area (Å²) in [5.41, 5.74) is 1.45. The molecule has 1 fully saturated rings. The summed E-state index contributed by atoms with van der Waals surface area (Å²) in [5.74, 6) is 1.10. The van der Waals surface area contributed by atoms with Gasteiger partial charge in [-0.25, -0.2) is 0 Å². The summed E-state index contributed by atoms with van der Waals surface area (Å²) in [6.07, 6.45) is 1.65. The van der Waals surface area contributed by atoms with Gasteiger partial charge in [0.1, 0.15) is 17.2 Å². The van der Waals surface area contributed by atoms with E-state index in [0.717, 1.165) is 18.4 Å². The summed E-state index contributed by atoms with van der Waals surface area (Å²) in [4.78, 5) is 25.7. The molecule has 1 saturated heterocycles. The van der Waals surface area contributed by atoms with Gasteiger partial charge in [0.15, 0.2) is 0 Å². The highest BCUT2D eigenvalue weighted by Crippen LogP contribution is 2.39. The van der Waals surface area contributed by atoms with Crippen LogP contribution in [0.2, 0.25) is 0 Å². The standard InChI is InChI=1S/C20H23N3O5/c1-21-16-9-6-13(11-18(16)23(25)26)20(24)22-10-4-5-17(22)15-8-7-14(27-2)12-19(15)28-3/h6-9,11-12,17,21H,4-5,10H2,1-3H3. The van der Waals surface area contributed by atoms with Crippen molar-refractivity contribution in [3.8, 4) is 11.5 Å². The average molecular weight is 385 g/mol. The summed E-state index contributed by atoms with van der Waals surface area (Å²) < 4.78 is 10.7. The Bertz CT molecular complexity index is 899. The zero-order chi connectivity index (χ0) is 20.3. The van der Waals surface area contributed by atoms with Gasteiger partial charge in [0, 0.05) is 36.9 Å². The molecule has 1 aliphatic heterocycles. The molecule has 1 amide bonds. The van der Waals surface area contributed by atoms with Crippen molar-refractivity contribution in [2.75, 3.05) is 33.1 Å². The fraction of sp³-hybridized carbons (Fsp3) is 0.350. The van der Waals surface area contributed by atoms with E-state index in [1.54, 1.807) is 44.4 Å². The van der Waals surface area contributed by atoms with Gasteiger partial charge < -0.3 is 19.7 Å². The number of carbonyl (C=O) groups is 1. The number of hydrogen-bond acceptors (Lipinski definition) is 6. The highest BCUT2D eigenvalue weighted by Gasteiger charge is 2.33. The second kappa shape index (κ2) is 8.16. The predicted molar refractivity (Wildman–Crippen MR) is 105 cm³/mol. The van der Waals surface area contributed by atoms with Crippen molar-refractivity contribution in [1.29, 1.82) is 0 Å². The molecule has 2 aromatic rings. The minimum atomic E-state index is -0.490. The molecule has 0 aliphatic carbocycles. The molecule has 8 nitrogen and oxygen atoms in total. The molecule has 0 spiro atoms. The Morgan fingerprint density at radius 1 is 1.21 bits per heavy atom. The van der Waals surface area contributed by atoms with Gasteiger partial charge in [-0.15, -0.1) is 0 Å². The van der Waals surface area contributed by atoms with Gasteiger partial charge in [0.05, 0.1) is 25.2 Å². The third kappa shape index (κ3) is 3.58. The van der Waals surface area contributed by atoms with E-state index in [0.29, 0.717) is 29.3 Å². The van der Waals surface area contributed by atoms with E-state index in [-0.39, 0.29) is 17.6 Å². The van der Waals surface area contributed by atoms with Crippen LogP contribution in [0.4, 0.5) is 11.4 Å². The molecule has 0 bridgehead atoms. The SMILES string of the molecule is CNc1ccc(C(=O)N2CCCC2c2ccc(OC)cc2OC)cc1[N+](=O)[O-]. The molecule has 0 aromatic heterocycles. The number of nitrogens with one attached hydrogen (secondary N) is 1. The van der Waals surface area contributed by atoms with Crippen LogP contribution in [-0.2, 0) is 0 Å². The number of nitro groups is 1. The fourth-order valence-electron chi connectivity index (χ4n) is 3.62. The molecule has 2 aromatic carbocycles. The van der Waals surface area contributed by atoms with Gasteiger partial charge in [-0.1, -0.05) is 0 Å². The van der Waals surface area contributed by atoms with E-state index in [1.165, 1.54) is 6.07 Å². The smallest absolute Gasteiger partial charge is 0.293 e. The molecular formula is C20H23N3O5. The number of nitro benzene ring substituents is 1. The summed E-state index contributed by atoms with van der Waals surface area (Å²) >= 11 is 0. The van der Waals surface area contributed by atoms with Crippen LogP contribution in [0.25, 0.3) is 0 Å². The molecule has 0 radical (unpaired) electrons. The van der Waals surface area contributed by atoms with Crippen molar-refractivity contribution in [1.82, 2.24) is 4.90 Å². The van der Waals surface area contributed by atoms with E-state index in [1.807, 2.05) is 12.1 Å². The lowest BCUT2D eigenvalue weighted by molar-refractivity contribution is -0.384. The minimum absolute atomic E-state index is 0.119. The monoisotopic (exact) mass is 385 g/mol. The molecule has 28 heavy (non-hydrogen) atoms. The number of rotatable bonds is 6. The first kappa shape index (κ1) is 19.5. The summed E-state index contributed by atoms with van der Waals surface area (Å²) in [5, 5.41) is 14.1. The molecule has 1 heterocycles. The number of anilines is 1. The van der Waals surface area contributed by atoms with Gasteiger partial charge in [-0.05, 0) is 37.1 Å². The van der Waals surface area contributed by atoms with Crippen molar-refractivity contribution < 1.29 is 19.2 Å². The molecule has 3 rings (SSSR count). The first-order chi connectivity index (χ1) is 13.5. The van der Waals surface area contributed by atoms with Crippen LogP contribution in [0.5, 0.6) is 11.5 Å². The second-order valence-corrected chi connectivity index (χ2v) is 6.50. The van der Waals surface area contributed by atoms with E-state index < -0.39 is 4.92 Å². The third-order valence-corrected chi connectivity index (χ3v) is 5.02. The highest BCUT2D eigenvalue weighted by molar-refractivity contribution is 5.96. The maximum atomic E-state index is 13.1. The number of likely N-dealkylation sites (tertiary alicyclic amines) is 1. The van der Waals surface area contributed by atoms with E-state index in [2.05, 4.69) is 5.32 Å². The first-order valence-electron chi connectivity index (χ1n) is 8.99. The normalized spacial score (nSPS) is 16.0. The molecule has 1 N–H and O–H groups in total. The Hall–Kier alpha value is -3.29. The lowest BCUT2D eigenvalue weighted by Gasteiger charge is -2.26. The van der Waals surface area contributed by atoms with Crippen molar-refractivity contribution in [2.24, 2.45) is 0 Å². The molecule has 148 valence electrons. The summed E-state index contributed by atoms with van der Waals surface area (Å²) in [7, 11) is 4.77. The summed E-state index contributed by atoms with van der Waals surface area (Å²) in [6, 6.07) is 9.88. The second-order valence-electron chi connectivity index (χ2n) is 6.50. The van der Waals surface area contributed by atoms with Crippen LogP contribution < -0.4 is 14.8 Å². The lowest BCUT2D eigenvalue weighted by atomic mass is 10.0. The lowest BCUT2D eigenvalue weighted by Crippen LogP contribution is -2.30. The van der Waals surface area contributed by atoms with Crippen LogP contribution in [0.15, 0.2) is 36.4 Å². The molecule has 1 unspecified atom stereocenters. The molecule has 8 heteroatoms. The quantitative estimate of drug-likeness (QED) is 0.603. The fourth-order valence-corrected chi connectivity index (χ4v) is 3.62. The van der Waals surface area contributed by atoms with Crippen molar-refractivity contribution >= 4 is 17.3 Å². The number of methoxy groups -OCH3 is 2. The van der Waals surface area contributed by atoms with E-state index in [9.17, 15) is 14.9 Å². The Morgan fingerprint density at radius 2 is 2.00 bits per heavy atom. The van der Waals surface area contributed by atoms with E-state index in [4.69, 9.17) is 9.47 Å². The number of nitrogens with zero attached hydrogens (tertiary/aromatic N) is 2. The zero-order valence-electron chi connectivity index (χ0n) is 16.1. The average Bonchev–Trinajstić information content (AvgIpc) is 3.21. The van der Waals surface area contributed by atoms with Gasteiger partial charge >= 0.3 is 0 Å². The Kier molecular flexibility index (Phi) is 5.67. The van der Waals surface area contributed by atoms with Gasteiger partial charge in [-0.3, -0.25) is 14.9 Å². The Labute approximate surface area is 163 Å². The maximum Gasteiger partial charge on any atom is 0.293 e. The van der Waals surface area contributed by atoms with Crippen LogP contribution in [-0.4, -0.2) is 43.5 Å². The Morgan fingerprint density at radius 3 is 2.64 bits per heavy atom. The topological polar surface area (TPSA) is 93.9 Å². The Balaban J connectivity index is 1.94. The van der Waals surface area contributed by atoms with Crippen molar-refractivity contribution in [3.63, 3.8) is 0 Å². The van der Waals surface area contributed by atoms with Gasteiger partial charge in [0.2, 0.25) is 0 Å². The van der Waals surface area contributed by atoms with Crippen LogP contribution in [0.1, 0.15) is 34.8 Å². The number of carbonyl (C=O) groups excluding carboxylic acids is 1. The third-order valence-electron chi connectivity index (χ3n) is 5.02. The highest BCUT2D eigenvalue weighted by atomic mass is 16.6. The van der Waals surface area contributed by atoms with Crippen LogP contribution in [0, 0.1) is 10.1 Å². The van der Waals surface area contributed by atoms with Crippen LogP contribution in [0.3, 0.4) is 0 Å². The van der Waals surface area contributed by atoms with Gasteiger partial charge in [0.25, 0.3) is 11.6 Å². The molecule has 0 saturated carbocycles. The number of hydrogen-bond donors (Lipinski definition) is 1. The zero-order valence-corrected chi connectivity index (χ0v) is 16.1. The first-order valence-corrected chi connectivity index (χ1v) is 8.99. The largest absolute Gasteiger partial charge is 0.497 e. The molecule has 1 atom stereocenters. The van der Waals surface area contributed by atoms with Crippen molar-refractivity contribution in [3.05, 3.63) is 57.6 Å². The maximum absolute atomic E-state index is 13.1. The van der Waals surface area contributed by atoms with E-state index >= 15 is 0 Å². The summed E-state index contributed by atoms with van der Waals surface area (Å²) in [6.45, 7) is 0.584. The number of amides is 1. The molecular weight excluding hydrogens is 362 g/mol.